The lowest BCUT2D eigenvalue weighted by atomic mass is 10.0. The number of hydrogen-bond donors (Lipinski definition) is 1. The number of carbonyl (C=O) groups excluding carboxylic acids is 2. The number of aromatic nitrogens is 3. The van der Waals surface area contributed by atoms with Gasteiger partial charge in [0.2, 0.25) is 0 Å². The highest BCUT2D eigenvalue weighted by Gasteiger charge is 2.14. The second-order valence-corrected chi connectivity index (χ2v) is 5.88. The van der Waals surface area contributed by atoms with Gasteiger partial charge in [0.15, 0.2) is 5.78 Å². The molecule has 0 saturated heterocycles. The molecule has 2 aromatic carbocycles. The number of pyridine rings is 1. The van der Waals surface area contributed by atoms with Gasteiger partial charge in [-0.15, -0.1) is 5.10 Å². The van der Waals surface area contributed by atoms with Gasteiger partial charge in [0.25, 0.3) is 11.8 Å². The highest BCUT2D eigenvalue weighted by atomic mass is 16.4. The summed E-state index contributed by atoms with van der Waals surface area (Å²) in [6.45, 7) is 0. The van der Waals surface area contributed by atoms with Gasteiger partial charge in [-0.3, -0.25) is 19.9 Å². The van der Waals surface area contributed by atoms with E-state index in [1.54, 1.807) is 73.1 Å². The molecule has 0 saturated carbocycles. The van der Waals surface area contributed by atoms with Gasteiger partial charge in [0.1, 0.15) is 0 Å². The van der Waals surface area contributed by atoms with Crippen LogP contribution in [0, 0.1) is 0 Å². The molecule has 7 heteroatoms. The number of amides is 1. The van der Waals surface area contributed by atoms with Crippen LogP contribution in [-0.4, -0.2) is 26.9 Å². The van der Waals surface area contributed by atoms with Gasteiger partial charge >= 0.3 is 6.01 Å². The Hall–Kier alpha value is -4.13. The van der Waals surface area contributed by atoms with E-state index in [1.807, 2.05) is 6.07 Å². The van der Waals surface area contributed by atoms with E-state index >= 15 is 0 Å². The summed E-state index contributed by atoms with van der Waals surface area (Å²) in [5, 5.41) is 10.2. The molecule has 0 atom stereocenters. The summed E-state index contributed by atoms with van der Waals surface area (Å²) in [6.07, 6.45) is 3.22. The number of benzene rings is 2. The first-order valence-corrected chi connectivity index (χ1v) is 8.46. The molecule has 0 aliphatic rings. The Kier molecular flexibility index (Phi) is 4.71. The molecule has 0 spiro atoms. The maximum Gasteiger partial charge on any atom is 0.322 e. The van der Waals surface area contributed by atoms with Gasteiger partial charge in [0.05, 0.1) is 5.56 Å². The molecule has 0 aliphatic heterocycles. The maximum atomic E-state index is 12.4. The van der Waals surface area contributed by atoms with E-state index in [-0.39, 0.29) is 17.7 Å². The minimum atomic E-state index is -0.417. The van der Waals surface area contributed by atoms with Gasteiger partial charge < -0.3 is 4.42 Å². The molecule has 4 aromatic rings. The van der Waals surface area contributed by atoms with Crippen molar-refractivity contribution in [3.05, 3.63) is 95.8 Å². The Labute approximate surface area is 160 Å². The highest BCUT2D eigenvalue weighted by Crippen LogP contribution is 2.19. The molecule has 0 aliphatic carbocycles. The quantitative estimate of drug-likeness (QED) is 0.539. The molecular formula is C21H14N4O3. The molecule has 0 unspecified atom stereocenters. The SMILES string of the molecule is O=C(Nc1nnc(-c2cccnc2)o1)c1ccc(C(=O)c2ccccc2)cc1. The lowest BCUT2D eigenvalue weighted by Crippen LogP contribution is -2.12. The van der Waals surface area contributed by atoms with Gasteiger partial charge in [-0.2, -0.15) is 0 Å². The standard InChI is InChI=1S/C21H14N4O3/c26-18(14-5-2-1-3-6-14)15-8-10-16(11-9-15)19(27)23-21-25-24-20(28-21)17-7-4-12-22-13-17/h1-13H,(H,23,25,27). The van der Waals surface area contributed by atoms with E-state index < -0.39 is 5.91 Å². The predicted octanol–water partition coefficient (Wildman–Crippen LogP) is 3.61. The van der Waals surface area contributed by atoms with Crippen molar-refractivity contribution < 1.29 is 14.0 Å². The third-order valence-electron chi connectivity index (χ3n) is 4.00. The maximum absolute atomic E-state index is 12.4. The number of anilines is 1. The van der Waals surface area contributed by atoms with Crippen LogP contribution in [0.5, 0.6) is 0 Å². The van der Waals surface area contributed by atoms with E-state index in [9.17, 15) is 9.59 Å². The monoisotopic (exact) mass is 370 g/mol. The number of ketones is 1. The number of nitrogens with zero attached hydrogens (tertiary/aromatic N) is 3. The first-order valence-electron chi connectivity index (χ1n) is 8.46. The molecule has 28 heavy (non-hydrogen) atoms. The molecule has 0 bridgehead atoms. The predicted molar refractivity (Wildman–Crippen MR) is 102 cm³/mol. The van der Waals surface area contributed by atoms with Crippen molar-refractivity contribution in [2.24, 2.45) is 0 Å². The Morgan fingerprint density at radius 1 is 0.786 bits per heavy atom. The number of rotatable bonds is 5. The molecule has 1 N–H and O–H groups in total. The van der Waals surface area contributed by atoms with Crippen LogP contribution < -0.4 is 5.32 Å². The largest absolute Gasteiger partial charge is 0.403 e. The molecular weight excluding hydrogens is 356 g/mol. The summed E-state index contributed by atoms with van der Waals surface area (Å²) < 4.78 is 5.43. The molecule has 2 aromatic heterocycles. The van der Waals surface area contributed by atoms with Crippen LogP contribution in [0.15, 0.2) is 83.5 Å². The van der Waals surface area contributed by atoms with E-state index in [2.05, 4.69) is 20.5 Å². The highest BCUT2D eigenvalue weighted by molar-refractivity contribution is 6.10. The van der Waals surface area contributed by atoms with Crippen LogP contribution in [0.1, 0.15) is 26.3 Å². The van der Waals surface area contributed by atoms with Crippen molar-refractivity contribution in [3.63, 3.8) is 0 Å². The van der Waals surface area contributed by atoms with Crippen LogP contribution in [0.4, 0.5) is 6.01 Å². The normalized spacial score (nSPS) is 10.4. The average molecular weight is 370 g/mol. The first-order chi connectivity index (χ1) is 13.7. The second-order valence-electron chi connectivity index (χ2n) is 5.88. The smallest absolute Gasteiger partial charge is 0.322 e. The summed E-state index contributed by atoms with van der Waals surface area (Å²) in [6, 6.07) is 18.8. The summed E-state index contributed by atoms with van der Waals surface area (Å²) in [7, 11) is 0. The molecule has 2 heterocycles. The molecule has 4 rings (SSSR count). The molecule has 136 valence electrons. The third-order valence-corrected chi connectivity index (χ3v) is 4.00. The zero-order valence-electron chi connectivity index (χ0n) is 14.6. The minimum absolute atomic E-state index is 0.0201. The fourth-order valence-corrected chi connectivity index (χ4v) is 2.58. The first kappa shape index (κ1) is 17.3. The fraction of sp³-hybridized carbons (Fsp3) is 0. The lowest BCUT2D eigenvalue weighted by Gasteiger charge is -2.03. The molecule has 1 amide bonds. The molecule has 7 nitrogen and oxygen atoms in total. The van der Waals surface area contributed by atoms with Gasteiger partial charge in [-0.05, 0) is 24.3 Å². The minimum Gasteiger partial charge on any atom is -0.403 e. The average Bonchev–Trinajstić information content (AvgIpc) is 3.23. The fourth-order valence-electron chi connectivity index (χ4n) is 2.58. The zero-order valence-corrected chi connectivity index (χ0v) is 14.6. The topological polar surface area (TPSA) is 98.0 Å². The number of nitrogens with one attached hydrogen (secondary N) is 1. The second kappa shape index (κ2) is 7.63. The zero-order chi connectivity index (χ0) is 19.3. The van der Waals surface area contributed by atoms with Crippen molar-refractivity contribution in [1.82, 2.24) is 15.2 Å². The van der Waals surface area contributed by atoms with E-state index in [0.29, 0.717) is 22.3 Å². The van der Waals surface area contributed by atoms with Crippen molar-refractivity contribution in [2.75, 3.05) is 5.32 Å². The number of hydrogen-bond acceptors (Lipinski definition) is 6. The molecule has 0 fully saturated rings. The lowest BCUT2D eigenvalue weighted by molar-refractivity contribution is 0.101. The van der Waals surface area contributed by atoms with Crippen molar-refractivity contribution in [2.45, 2.75) is 0 Å². The van der Waals surface area contributed by atoms with Crippen LogP contribution in [0.25, 0.3) is 11.5 Å². The van der Waals surface area contributed by atoms with Crippen LogP contribution in [-0.2, 0) is 0 Å². The van der Waals surface area contributed by atoms with Gasteiger partial charge in [0, 0.05) is 29.1 Å². The Balaban J connectivity index is 1.46. The van der Waals surface area contributed by atoms with Gasteiger partial charge in [-0.25, -0.2) is 0 Å². The number of carbonyl (C=O) groups is 2. The van der Waals surface area contributed by atoms with Crippen LogP contribution in [0.3, 0.4) is 0 Å². The van der Waals surface area contributed by atoms with Crippen molar-refractivity contribution in [1.29, 1.82) is 0 Å². The molecule has 0 radical (unpaired) electrons. The van der Waals surface area contributed by atoms with Crippen molar-refractivity contribution >= 4 is 17.7 Å². The summed E-state index contributed by atoms with van der Waals surface area (Å²) >= 11 is 0. The Bertz CT molecular complexity index is 1110. The summed E-state index contributed by atoms with van der Waals surface area (Å²) in [4.78, 5) is 28.8. The van der Waals surface area contributed by atoms with Crippen LogP contribution in [0.2, 0.25) is 0 Å². The van der Waals surface area contributed by atoms with Crippen LogP contribution >= 0.6 is 0 Å². The third kappa shape index (κ3) is 3.68. The van der Waals surface area contributed by atoms with E-state index in [1.165, 1.54) is 0 Å². The van der Waals surface area contributed by atoms with Crippen molar-refractivity contribution in [3.8, 4) is 11.5 Å². The van der Waals surface area contributed by atoms with E-state index in [0.717, 1.165) is 0 Å². The Morgan fingerprint density at radius 2 is 1.50 bits per heavy atom. The summed E-state index contributed by atoms with van der Waals surface area (Å²) in [5.41, 5.74) is 2.11. The van der Waals surface area contributed by atoms with Gasteiger partial charge in [-0.1, -0.05) is 47.6 Å². The summed E-state index contributed by atoms with van der Waals surface area (Å²) in [5.74, 6) is -0.266. The Morgan fingerprint density at radius 3 is 2.21 bits per heavy atom. The van der Waals surface area contributed by atoms with E-state index in [4.69, 9.17) is 4.42 Å².